The molecule has 0 aromatic heterocycles. The van der Waals surface area contributed by atoms with E-state index < -0.39 is 10.0 Å². The van der Waals surface area contributed by atoms with Crippen molar-refractivity contribution in [1.82, 2.24) is 9.62 Å². The fraction of sp³-hybridized carbons (Fsp3) is 0.625. The second-order valence-electron chi connectivity index (χ2n) is 5.61. The highest BCUT2D eigenvalue weighted by Gasteiger charge is 2.26. The van der Waals surface area contributed by atoms with Gasteiger partial charge in [0.05, 0.1) is 4.90 Å². The second kappa shape index (κ2) is 7.38. The van der Waals surface area contributed by atoms with E-state index in [9.17, 15) is 8.42 Å². The summed E-state index contributed by atoms with van der Waals surface area (Å²) in [5.74, 6) is 0. The minimum absolute atomic E-state index is 0.455. The molecule has 1 saturated carbocycles. The summed E-state index contributed by atoms with van der Waals surface area (Å²) in [6, 6.07) is 7.93. The van der Waals surface area contributed by atoms with Crippen LogP contribution in [0.5, 0.6) is 0 Å². The minimum atomic E-state index is -3.39. The fourth-order valence-electron chi connectivity index (χ4n) is 2.37. The number of unbranched alkanes of at least 4 members (excludes halogenated alkanes) is 1. The van der Waals surface area contributed by atoms with Crippen molar-refractivity contribution in [2.24, 2.45) is 0 Å². The van der Waals surface area contributed by atoms with E-state index in [1.807, 2.05) is 19.1 Å². The third kappa shape index (κ3) is 4.28. The summed E-state index contributed by atoms with van der Waals surface area (Å²) >= 11 is 0. The number of benzene rings is 1. The van der Waals surface area contributed by atoms with Gasteiger partial charge in [0.15, 0.2) is 0 Å². The number of rotatable bonds is 9. The van der Waals surface area contributed by atoms with E-state index in [1.54, 1.807) is 16.4 Å². The van der Waals surface area contributed by atoms with Crippen molar-refractivity contribution in [3.63, 3.8) is 0 Å². The smallest absolute Gasteiger partial charge is 0.243 e. The van der Waals surface area contributed by atoms with Gasteiger partial charge in [-0.1, -0.05) is 38.5 Å². The Morgan fingerprint density at radius 1 is 1.24 bits per heavy atom. The summed E-state index contributed by atoms with van der Waals surface area (Å²) in [6.45, 7) is 5.73. The van der Waals surface area contributed by atoms with Crippen molar-refractivity contribution in [2.45, 2.75) is 57.0 Å². The lowest BCUT2D eigenvalue weighted by molar-refractivity contribution is 0.418. The van der Waals surface area contributed by atoms with E-state index >= 15 is 0 Å². The molecular formula is C16H26N2O2S. The molecule has 4 nitrogen and oxygen atoms in total. The standard InChI is InChI=1S/C16H26N2O2S/c1-3-5-12-18(4-2)21(19,20)16-9-7-6-8-14(16)13-17-15-10-11-15/h6-9,15,17H,3-5,10-13H2,1-2H3. The Bertz CT molecular complexity index is 553. The molecule has 0 heterocycles. The zero-order valence-corrected chi connectivity index (χ0v) is 13.8. The second-order valence-corrected chi connectivity index (χ2v) is 7.52. The van der Waals surface area contributed by atoms with Crippen LogP contribution in [0.1, 0.15) is 45.1 Å². The summed E-state index contributed by atoms with van der Waals surface area (Å²) in [4.78, 5) is 0.455. The molecule has 0 aliphatic heterocycles. The molecule has 0 radical (unpaired) electrons. The molecule has 0 spiro atoms. The molecule has 1 N–H and O–H groups in total. The molecule has 0 amide bonds. The molecule has 21 heavy (non-hydrogen) atoms. The number of nitrogens with one attached hydrogen (secondary N) is 1. The van der Waals surface area contributed by atoms with Gasteiger partial charge in [0.25, 0.3) is 0 Å². The van der Waals surface area contributed by atoms with E-state index in [0.717, 1.165) is 18.4 Å². The van der Waals surface area contributed by atoms with Crippen LogP contribution in [0.2, 0.25) is 0 Å². The van der Waals surface area contributed by atoms with Crippen molar-refractivity contribution in [3.05, 3.63) is 29.8 Å². The first-order valence-electron chi connectivity index (χ1n) is 7.91. The first-order chi connectivity index (χ1) is 10.1. The van der Waals surface area contributed by atoms with Crippen molar-refractivity contribution in [2.75, 3.05) is 13.1 Å². The molecule has 0 atom stereocenters. The third-order valence-electron chi connectivity index (χ3n) is 3.86. The predicted octanol–water partition coefficient (Wildman–Crippen LogP) is 2.75. The van der Waals surface area contributed by atoms with Gasteiger partial charge in [0.1, 0.15) is 0 Å². The Labute approximate surface area is 128 Å². The summed E-state index contributed by atoms with van der Waals surface area (Å²) in [5, 5.41) is 3.40. The largest absolute Gasteiger partial charge is 0.310 e. The molecule has 0 unspecified atom stereocenters. The molecule has 0 bridgehead atoms. The van der Waals surface area contributed by atoms with Crippen LogP contribution < -0.4 is 5.32 Å². The van der Waals surface area contributed by atoms with Crippen molar-refractivity contribution in [3.8, 4) is 0 Å². The molecule has 1 aliphatic carbocycles. The maximum atomic E-state index is 12.8. The van der Waals surface area contributed by atoms with Gasteiger partial charge in [-0.25, -0.2) is 8.42 Å². The predicted molar refractivity (Wildman–Crippen MR) is 85.6 cm³/mol. The van der Waals surface area contributed by atoms with Gasteiger partial charge in [-0.05, 0) is 30.9 Å². The lowest BCUT2D eigenvalue weighted by Gasteiger charge is -2.22. The summed E-state index contributed by atoms with van der Waals surface area (Å²) in [6.07, 6.45) is 4.30. The molecule has 1 aliphatic rings. The average Bonchev–Trinajstić information content (AvgIpc) is 3.30. The Morgan fingerprint density at radius 2 is 1.95 bits per heavy atom. The highest BCUT2D eigenvalue weighted by atomic mass is 32.2. The Hall–Kier alpha value is -0.910. The topological polar surface area (TPSA) is 49.4 Å². The maximum absolute atomic E-state index is 12.8. The Morgan fingerprint density at radius 3 is 2.57 bits per heavy atom. The Balaban J connectivity index is 2.20. The number of hydrogen-bond acceptors (Lipinski definition) is 3. The van der Waals surface area contributed by atoms with Crippen molar-refractivity contribution >= 4 is 10.0 Å². The van der Waals surface area contributed by atoms with E-state index in [4.69, 9.17) is 0 Å². The minimum Gasteiger partial charge on any atom is -0.310 e. The van der Waals surface area contributed by atoms with Gasteiger partial charge < -0.3 is 5.32 Å². The maximum Gasteiger partial charge on any atom is 0.243 e. The van der Waals surface area contributed by atoms with Crippen molar-refractivity contribution < 1.29 is 8.42 Å². The van der Waals surface area contributed by atoms with E-state index in [2.05, 4.69) is 12.2 Å². The lowest BCUT2D eigenvalue weighted by atomic mass is 10.2. The SMILES string of the molecule is CCCCN(CC)S(=O)(=O)c1ccccc1CNC1CC1. The normalized spacial score (nSPS) is 15.6. The molecule has 118 valence electrons. The van der Waals surface area contributed by atoms with Gasteiger partial charge in [-0.15, -0.1) is 0 Å². The van der Waals surface area contributed by atoms with Crippen LogP contribution in [0.3, 0.4) is 0 Å². The molecule has 0 saturated heterocycles. The highest BCUT2D eigenvalue weighted by Crippen LogP contribution is 2.23. The van der Waals surface area contributed by atoms with Gasteiger partial charge in [0.2, 0.25) is 10.0 Å². The van der Waals surface area contributed by atoms with Crippen LogP contribution in [0, 0.1) is 0 Å². The number of nitrogens with zero attached hydrogens (tertiary/aromatic N) is 1. The monoisotopic (exact) mass is 310 g/mol. The number of sulfonamides is 1. The summed E-state index contributed by atoms with van der Waals surface area (Å²) in [5.41, 5.74) is 0.874. The zero-order chi connectivity index (χ0) is 15.3. The van der Waals surface area contributed by atoms with Crippen LogP contribution in [0.15, 0.2) is 29.2 Å². The van der Waals surface area contributed by atoms with E-state index in [-0.39, 0.29) is 0 Å². The van der Waals surface area contributed by atoms with E-state index in [1.165, 1.54) is 12.8 Å². The zero-order valence-electron chi connectivity index (χ0n) is 13.0. The third-order valence-corrected chi connectivity index (χ3v) is 5.94. The van der Waals surface area contributed by atoms with Gasteiger partial charge in [0, 0.05) is 25.7 Å². The van der Waals surface area contributed by atoms with Gasteiger partial charge in [-0.2, -0.15) is 4.31 Å². The van der Waals surface area contributed by atoms with Crippen molar-refractivity contribution in [1.29, 1.82) is 0 Å². The first kappa shape index (κ1) is 16.5. The molecular weight excluding hydrogens is 284 g/mol. The first-order valence-corrected chi connectivity index (χ1v) is 9.35. The van der Waals surface area contributed by atoms with Crippen LogP contribution in [0.25, 0.3) is 0 Å². The van der Waals surface area contributed by atoms with Gasteiger partial charge >= 0.3 is 0 Å². The average molecular weight is 310 g/mol. The highest BCUT2D eigenvalue weighted by molar-refractivity contribution is 7.89. The molecule has 5 heteroatoms. The fourth-order valence-corrected chi connectivity index (χ4v) is 4.07. The van der Waals surface area contributed by atoms with Crippen LogP contribution >= 0.6 is 0 Å². The Kier molecular flexibility index (Phi) is 5.79. The van der Waals surface area contributed by atoms with Crippen LogP contribution in [-0.2, 0) is 16.6 Å². The quantitative estimate of drug-likeness (QED) is 0.763. The van der Waals surface area contributed by atoms with Crippen LogP contribution in [-0.4, -0.2) is 31.9 Å². The molecule has 1 aromatic carbocycles. The molecule has 2 rings (SSSR count). The van der Waals surface area contributed by atoms with E-state index in [0.29, 0.717) is 30.6 Å². The number of hydrogen-bond donors (Lipinski definition) is 1. The van der Waals surface area contributed by atoms with Gasteiger partial charge in [-0.3, -0.25) is 0 Å². The molecule has 1 aromatic rings. The van der Waals surface area contributed by atoms with Crippen LogP contribution in [0.4, 0.5) is 0 Å². The summed E-state index contributed by atoms with van der Waals surface area (Å²) < 4.78 is 27.3. The lowest BCUT2D eigenvalue weighted by Crippen LogP contribution is -2.33. The summed E-state index contributed by atoms with van der Waals surface area (Å²) in [7, 11) is -3.39. The molecule has 1 fully saturated rings.